The molecular weight excluding hydrogens is 224 g/mol. The van der Waals surface area contributed by atoms with Crippen LogP contribution in [-0.4, -0.2) is 9.78 Å². The number of aryl methyl sites for hydroxylation is 3. The molecule has 0 aliphatic rings. The predicted octanol–water partition coefficient (Wildman–Crippen LogP) is 1.78. The van der Waals surface area contributed by atoms with Crippen molar-refractivity contribution in [2.24, 2.45) is 12.9 Å². The molecule has 0 radical (unpaired) electrons. The Morgan fingerprint density at radius 2 is 1.94 bits per heavy atom. The Kier molecular flexibility index (Phi) is 3.79. The molecule has 0 fully saturated rings. The molecule has 0 amide bonds. The van der Waals surface area contributed by atoms with Gasteiger partial charge in [-0.15, -0.1) is 0 Å². The van der Waals surface area contributed by atoms with Crippen molar-refractivity contribution >= 4 is 0 Å². The van der Waals surface area contributed by atoms with Crippen LogP contribution >= 0.6 is 0 Å². The van der Waals surface area contributed by atoms with E-state index in [4.69, 9.17) is 5.84 Å². The van der Waals surface area contributed by atoms with Gasteiger partial charge < -0.3 is 0 Å². The quantitative estimate of drug-likeness (QED) is 0.637. The van der Waals surface area contributed by atoms with Crippen molar-refractivity contribution in [1.82, 2.24) is 15.2 Å². The van der Waals surface area contributed by atoms with Crippen LogP contribution in [0.25, 0.3) is 0 Å². The Bertz CT molecular complexity index is 510. The lowest BCUT2D eigenvalue weighted by molar-refractivity contribution is 0.527. The normalized spacial score (nSPS) is 12.7. The van der Waals surface area contributed by atoms with E-state index in [1.54, 1.807) is 4.68 Å². The topological polar surface area (TPSA) is 55.9 Å². The number of benzene rings is 1. The van der Waals surface area contributed by atoms with E-state index < -0.39 is 0 Å². The molecule has 1 unspecified atom stereocenters. The average molecular weight is 244 g/mol. The van der Waals surface area contributed by atoms with E-state index in [-0.39, 0.29) is 6.04 Å². The number of hydrogen-bond acceptors (Lipinski definition) is 3. The van der Waals surface area contributed by atoms with Crippen molar-refractivity contribution in [2.45, 2.75) is 26.3 Å². The van der Waals surface area contributed by atoms with Gasteiger partial charge in [0.1, 0.15) is 0 Å². The van der Waals surface area contributed by atoms with E-state index >= 15 is 0 Å². The van der Waals surface area contributed by atoms with E-state index in [1.807, 2.05) is 19.3 Å². The Balaban J connectivity index is 2.26. The van der Waals surface area contributed by atoms with Gasteiger partial charge in [0, 0.05) is 13.2 Å². The highest BCUT2D eigenvalue weighted by Crippen LogP contribution is 2.21. The molecule has 1 heterocycles. The maximum absolute atomic E-state index is 5.66. The van der Waals surface area contributed by atoms with E-state index in [0.29, 0.717) is 0 Å². The second-order valence-corrected chi connectivity index (χ2v) is 4.71. The first-order chi connectivity index (χ1) is 8.61. The molecule has 1 atom stereocenters. The Labute approximate surface area is 108 Å². The summed E-state index contributed by atoms with van der Waals surface area (Å²) >= 11 is 0. The lowest BCUT2D eigenvalue weighted by Gasteiger charge is -2.17. The fraction of sp³-hybridized carbons (Fsp3) is 0.357. The summed E-state index contributed by atoms with van der Waals surface area (Å²) in [5.74, 6) is 5.66. The fourth-order valence-electron chi connectivity index (χ4n) is 2.24. The van der Waals surface area contributed by atoms with Gasteiger partial charge in [-0.2, -0.15) is 5.10 Å². The zero-order valence-corrected chi connectivity index (χ0v) is 11.1. The molecule has 2 rings (SSSR count). The minimum absolute atomic E-state index is 0.0472. The molecule has 0 aliphatic carbocycles. The molecule has 1 aromatic carbocycles. The molecule has 4 nitrogen and oxygen atoms in total. The molecule has 3 N–H and O–H groups in total. The average Bonchev–Trinajstić information content (AvgIpc) is 2.76. The van der Waals surface area contributed by atoms with Crippen LogP contribution < -0.4 is 11.3 Å². The van der Waals surface area contributed by atoms with Gasteiger partial charge in [-0.05, 0) is 43.0 Å². The third-order valence-electron chi connectivity index (χ3n) is 3.35. The van der Waals surface area contributed by atoms with Gasteiger partial charge in [0.25, 0.3) is 0 Å². The van der Waals surface area contributed by atoms with Crippen LogP contribution in [0.5, 0.6) is 0 Å². The number of hydrogen-bond donors (Lipinski definition) is 2. The standard InChI is InChI=1S/C14H20N4/c1-10-5-4-6-11(2)12(10)9-14(16-15)13-7-8-18(3)17-13/h4-8,14,16H,9,15H2,1-3H3. The lowest BCUT2D eigenvalue weighted by atomic mass is 9.95. The summed E-state index contributed by atoms with van der Waals surface area (Å²) in [6, 6.07) is 8.40. The minimum Gasteiger partial charge on any atom is -0.275 e. The van der Waals surface area contributed by atoms with Gasteiger partial charge in [-0.25, -0.2) is 0 Å². The first-order valence-electron chi connectivity index (χ1n) is 6.12. The molecule has 1 aromatic heterocycles. The maximum Gasteiger partial charge on any atom is 0.0810 e. The summed E-state index contributed by atoms with van der Waals surface area (Å²) < 4.78 is 1.80. The second-order valence-electron chi connectivity index (χ2n) is 4.71. The van der Waals surface area contributed by atoms with Crippen LogP contribution in [0, 0.1) is 13.8 Å². The molecule has 18 heavy (non-hydrogen) atoms. The lowest BCUT2D eigenvalue weighted by Crippen LogP contribution is -2.30. The monoisotopic (exact) mass is 244 g/mol. The first kappa shape index (κ1) is 12.8. The van der Waals surface area contributed by atoms with Gasteiger partial charge in [-0.1, -0.05) is 18.2 Å². The molecule has 0 saturated heterocycles. The van der Waals surface area contributed by atoms with Crippen LogP contribution in [-0.2, 0) is 13.5 Å². The second kappa shape index (κ2) is 5.33. The van der Waals surface area contributed by atoms with Crippen molar-refractivity contribution in [1.29, 1.82) is 0 Å². The van der Waals surface area contributed by atoms with Gasteiger partial charge >= 0.3 is 0 Å². The van der Waals surface area contributed by atoms with E-state index in [2.05, 4.69) is 42.6 Å². The zero-order chi connectivity index (χ0) is 13.1. The summed E-state index contributed by atoms with van der Waals surface area (Å²) in [7, 11) is 1.91. The van der Waals surface area contributed by atoms with E-state index in [0.717, 1.165) is 12.1 Å². The van der Waals surface area contributed by atoms with E-state index in [1.165, 1.54) is 16.7 Å². The largest absolute Gasteiger partial charge is 0.275 e. The molecule has 0 bridgehead atoms. The fourth-order valence-corrected chi connectivity index (χ4v) is 2.24. The predicted molar refractivity (Wildman–Crippen MR) is 72.9 cm³/mol. The highest BCUT2D eigenvalue weighted by molar-refractivity contribution is 5.34. The van der Waals surface area contributed by atoms with Crippen LogP contribution in [0.4, 0.5) is 0 Å². The number of rotatable bonds is 4. The van der Waals surface area contributed by atoms with Gasteiger partial charge in [0.15, 0.2) is 0 Å². The highest BCUT2D eigenvalue weighted by Gasteiger charge is 2.15. The molecule has 96 valence electrons. The summed E-state index contributed by atoms with van der Waals surface area (Å²) in [4.78, 5) is 0. The SMILES string of the molecule is Cc1cccc(C)c1CC(NN)c1ccn(C)n1. The zero-order valence-electron chi connectivity index (χ0n) is 11.1. The summed E-state index contributed by atoms with van der Waals surface area (Å²) in [5.41, 5.74) is 7.77. The number of aromatic nitrogens is 2. The van der Waals surface area contributed by atoms with Crippen LogP contribution in [0.15, 0.2) is 30.5 Å². The smallest absolute Gasteiger partial charge is 0.0810 e. The summed E-state index contributed by atoms with van der Waals surface area (Å²) in [6.45, 7) is 4.27. The Morgan fingerprint density at radius 3 is 2.44 bits per heavy atom. The summed E-state index contributed by atoms with van der Waals surface area (Å²) in [5, 5.41) is 4.41. The number of nitrogens with two attached hydrogens (primary N) is 1. The third-order valence-corrected chi connectivity index (χ3v) is 3.35. The number of hydrazine groups is 1. The van der Waals surface area contributed by atoms with Gasteiger partial charge in [-0.3, -0.25) is 16.0 Å². The minimum atomic E-state index is 0.0472. The Hall–Kier alpha value is -1.65. The third kappa shape index (κ3) is 2.60. The molecule has 2 aromatic rings. The van der Waals surface area contributed by atoms with Crippen LogP contribution in [0.1, 0.15) is 28.4 Å². The molecule has 0 aliphatic heterocycles. The Morgan fingerprint density at radius 1 is 1.28 bits per heavy atom. The first-order valence-corrected chi connectivity index (χ1v) is 6.12. The molecular formula is C14H20N4. The van der Waals surface area contributed by atoms with Crippen LogP contribution in [0.2, 0.25) is 0 Å². The van der Waals surface area contributed by atoms with Crippen molar-refractivity contribution in [3.8, 4) is 0 Å². The molecule has 0 spiro atoms. The highest BCUT2D eigenvalue weighted by atomic mass is 15.3. The van der Waals surface area contributed by atoms with Gasteiger partial charge in [0.2, 0.25) is 0 Å². The molecule has 4 heteroatoms. The van der Waals surface area contributed by atoms with Crippen molar-refractivity contribution < 1.29 is 0 Å². The van der Waals surface area contributed by atoms with Crippen molar-refractivity contribution in [3.63, 3.8) is 0 Å². The van der Waals surface area contributed by atoms with E-state index in [9.17, 15) is 0 Å². The van der Waals surface area contributed by atoms with Crippen molar-refractivity contribution in [3.05, 3.63) is 52.8 Å². The number of nitrogens with zero attached hydrogens (tertiary/aromatic N) is 2. The number of nitrogens with one attached hydrogen (secondary N) is 1. The summed E-state index contributed by atoms with van der Waals surface area (Å²) in [6.07, 6.45) is 2.79. The molecule has 0 saturated carbocycles. The maximum atomic E-state index is 5.66. The van der Waals surface area contributed by atoms with Crippen LogP contribution in [0.3, 0.4) is 0 Å². The van der Waals surface area contributed by atoms with Gasteiger partial charge in [0.05, 0.1) is 11.7 Å². The van der Waals surface area contributed by atoms with Crippen molar-refractivity contribution in [2.75, 3.05) is 0 Å².